The summed E-state index contributed by atoms with van der Waals surface area (Å²) in [6, 6.07) is 5.04. The van der Waals surface area contributed by atoms with Gasteiger partial charge in [0.25, 0.3) is 0 Å². The lowest BCUT2D eigenvalue weighted by Crippen LogP contribution is -2.23. The van der Waals surface area contributed by atoms with Gasteiger partial charge in [0.2, 0.25) is 0 Å². The molecule has 0 aliphatic rings. The van der Waals surface area contributed by atoms with Crippen LogP contribution in [0.5, 0.6) is 17.2 Å². The van der Waals surface area contributed by atoms with Crippen LogP contribution in [-0.2, 0) is 9.59 Å². The largest absolute Gasteiger partial charge is 0.488 e. The first-order valence-electron chi connectivity index (χ1n) is 14.0. The van der Waals surface area contributed by atoms with E-state index in [1.807, 2.05) is 20.8 Å². The van der Waals surface area contributed by atoms with Gasteiger partial charge >= 0.3 is 11.9 Å². The summed E-state index contributed by atoms with van der Waals surface area (Å²) in [5, 5.41) is 0. The smallest absolute Gasteiger partial charge is 0.311 e. The lowest BCUT2D eigenvalue weighted by atomic mass is 10.1. The Morgan fingerprint density at radius 1 is 0.629 bits per heavy atom. The van der Waals surface area contributed by atoms with E-state index in [-0.39, 0.29) is 23.4 Å². The summed E-state index contributed by atoms with van der Waals surface area (Å²) < 4.78 is 17.1. The molecule has 35 heavy (non-hydrogen) atoms. The predicted molar refractivity (Wildman–Crippen MR) is 143 cm³/mol. The van der Waals surface area contributed by atoms with Crippen molar-refractivity contribution in [3.05, 3.63) is 18.2 Å². The third kappa shape index (κ3) is 16.3. The molecule has 0 amide bonds. The number of carbonyl (C=O) groups is 2. The first-order chi connectivity index (χ1) is 16.7. The van der Waals surface area contributed by atoms with Crippen LogP contribution < -0.4 is 14.2 Å². The van der Waals surface area contributed by atoms with Gasteiger partial charge in [-0.1, -0.05) is 90.9 Å². The Bertz CT molecular complexity index is 720. The Morgan fingerprint density at radius 2 is 1.06 bits per heavy atom. The highest BCUT2D eigenvalue weighted by Gasteiger charge is 2.18. The summed E-state index contributed by atoms with van der Waals surface area (Å²) in [7, 11) is 0. The number of unbranched alkanes of at least 4 members (excludes halogenated alkanes) is 12. The van der Waals surface area contributed by atoms with Gasteiger partial charge in [-0.25, -0.2) is 0 Å². The molecule has 0 spiro atoms. The molecule has 0 fully saturated rings. The molecule has 0 unspecified atom stereocenters. The molecular formula is C30H50O5. The van der Waals surface area contributed by atoms with Gasteiger partial charge in [-0.15, -0.1) is 0 Å². The number of hydrogen-bond acceptors (Lipinski definition) is 5. The normalized spacial score (nSPS) is 11.3. The monoisotopic (exact) mass is 490 g/mol. The van der Waals surface area contributed by atoms with Crippen LogP contribution >= 0.6 is 0 Å². The fraction of sp³-hybridized carbons (Fsp3) is 0.733. The van der Waals surface area contributed by atoms with Crippen molar-refractivity contribution in [2.45, 2.75) is 143 Å². The SMILES string of the molecule is CCCCCCCCCC(=O)Oc1ccc(OC(C)(C)C)cc1OC(=O)CCCCCCCCC. The second kappa shape index (κ2) is 18.3. The summed E-state index contributed by atoms with van der Waals surface area (Å²) in [4.78, 5) is 24.9. The van der Waals surface area contributed by atoms with Crippen LogP contribution in [0.15, 0.2) is 18.2 Å². The zero-order valence-electron chi connectivity index (χ0n) is 23.1. The van der Waals surface area contributed by atoms with Crippen molar-refractivity contribution in [2.75, 3.05) is 0 Å². The molecule has 0 aliphatic heterocycles. The average Bonchev–Trinajstić information content (AvgIpc) is 2.78. The van der Waals surface area contributed by atoms with Crippen LogP contribution in [0.2, 0.25) is 0 Å². The van der Waals surface area contributed by atoms with Crippen molar-refractivity contribution in [1.29, 1.82) is 0 Å². The number of rotatable bonds is 19. The quantitative estimate of drug-likeness (QED) is 0.110. The molecule has 0 radical (unpaired) electrons. The standard InChI is InChI=1S/C30H50O5/c1-6-8-10-12-14-16-18-20-28(31)33-26-23-22-25(35-30(3,4)5)24-27(26)34-29(32)21-19-17-15-13-11-9-7-2/h22-24H,6-21H2,1-5H3. The maximum atomic E-state index is 12.5. The second-order valence-corrected chi connectivity index (χ2v) is 10.5. The highest BCUT2D eigenvalue weighted by Crippen LogP contribution is 2.34. The Morgan fingerprint density at radius 3 is 1.51 bits per heavy atom. The Hall–Kier alpha value is -2.04. The zero-order chi connectivity index (χ0) is 25.9. The fourth-order valence-corrected chi connectivity index (χ4v) is 3.87. The molecule has 5 heteroatoms. The topological polar surface area (TPSA) is 61.8 Å². The molecule has 0 saturated carbocycles. The van der Waals surface area contributed by atoms with E-state index in [9.17, 15) is 9.59 Å². The molecule has 1 aromatic carbocycles. The summed E-state index contributed by atoms with van der Waals surface area (Å²) in [5.74, 6) is 0.478. The maximum absolute atomic E-state index is 12.5. The molecule has 0 atom stereocenters. The van der Waals surface area contributed by atoms with Gasteiger partial charge in [0.1, 0.15) is 11.4 Å². The predicted octanol–water partition coefficient (Wildman–Crippen LogP) is 8.96. The van der Waals surface area contributed by atoms with E-state index in [0.717, 1.165) is 38.5 Å². The Balaban J connectivity index is 2.61. The van der Waals surface area contributed by atoms with Crippen molar-refractivity contribution in [3.8, 4) is 17.2 Å². The lowest BCUT2D eigenvalue weighted by molar-refractivity contribution is -0.137. The molecule has 0 aromatic heterocycles. The van der Waals surface area contributed by atoms with Gasteiger partial charge in [-0.2, -0.15) is 0 Å². The Kier molecular flexibility index (Phi) is 16.2. The van der Waals surface area contributed by atoms with Crippen LogP contribution in [0, 0.1) is 0 Å². The highest BCUT2D eigenvalue weighted by atomic mass is 16.6. The number of carbonyl (C=O) groups excluding carboxylic acids is 2. The van der Waals surface area contributed by atoms with Crippen molar-refractivity contribution in [1.82, 2.24) is 0 Å². The van der Waals surface area contributed by atoms with Gasteiger partial charge in [-0.3, -0.25) is 9.59 Å². The minimum absolute atomic E-state index is 0.243. The maximum Gasteiger partial charge on any atom is 0.311 e. The summed E-state index contributed by atoms with van der Waals surface area (Å²) in [6.45, 7) is 10.3. The number of ether oxygens (including phenoxy) is 3. The first kappa shape index (κ1) is 31.0. The van der Waals surface area contributed by atoms with Crippen LogP contribution in [0.25, 0.3) is 0 Å². The molecule has 1 rings (SSSR count). The molecule has 5 nitrogen and oxygen atoms in total. The average molecular weight is 491 g/mol. The summed E-state index contributed by atoms with van der Waals surface area (Å²) in [6.07, 6.45) is 16.6. The van der Waals surface area contributed by atoms with E-state index in [0.29, 0.717) is 18.6 Å². The fourth-order valence-electron chi connectivity index (χ4n) is 3.87. The van der Waals surface area contributed by atoms with Crippen LogP contribution in [0.1, 0.15) is 137 Å². The van der Waals surface area contributed by atoms with E-state index >= 15 is 0 Å². The summed E-state index contributed by atoms with van der Waals surface area (Å²) >= 11 is 0. The van der Waals surface area contributed by atoms with Crippen LogP contribution in [0.4, 0.5) is 0 Å². The van der Waals surface area contributed by atoms with Crippen molar-refractivity contribution >= 4 is 11.9 Å². The van der Waals surface area contributed by atoms with E-state index in [1.54, 1.807) is 18.2 Å². The lowest BCUT2D eigenvalue weighted by Gasteiger charge is -2.22. The van der Waals surface area contributed by atoms with E-state index in [4.69, 9.17) is 14.2 Å². The highest BCUT2D eigenvalue weighted by molar-refractivity contribution is 5.76. The molecule has 0 heterocycles. The summed E-state index contributed by atoms with van der Waals surface area (Å²) in [5.41, 5.74) is -0.394. The van der Waals surface area contributed by atoms with Gasteiger partial charge in [0.15, 0.2) is 11.5 Å². The van der Waals surface area contributed by atoms with Crippen molar-refractivity contribution in [3.63, 3.8) is 0 Å². The third-order valence-electron chi connectivity index (χ3n) is 5.76. The third-order valence-corrected chi connectivity index (χ3v) is 5.76. The van der Waals surface area contributed by atoms with E-state index < -0.39 is 5.60 Å². The van der Waals surface area contributed by atoms with Gasteiger partial charge < -0.3 is 14.2 Å². The second-order valence-electron chi connectivity index (χ2n) is 10.5. The molecule has 0 saturated heterocycles. The van der Waals surface area contributed by atoms with Gasteiger partial charge in [0.05, 0.1) is 0 Å². The van der Waals surface area contributed by atoms with Gasteiger partial charge in [0, 0.05) is 18.9 Å². The van der Waals surface area contributed by atoms with E-state index in [1.165, 1.54) is 51.4 Å². The molecule has 200 valence electrons. The van der Waals surface area contributed by atoms with Gasteiger partial charge in [-0.05, 0) is 45.7 Å². The Labute approximate surface area is 214 Å². The number of hydrogen-bond donors (Lipinski definition) is 0. The molecule has 0 bridgehead atoms. The van der Waals surface area contributed by atoms with E-state index in [2.05, 4.69) is 13.8 Å². The first-order valence-corrected chi connectivity index (χ1v) is 14.0. The van der Waals surface area contributed by atoms with Crippen LogP contribution in [0.3, 0.4) is 0 Å². The van der Waals surface area contributed by atoms with Crippen molar-refractivity contribution in [2.24, 2.45) is 0 Å². The molecule has 0 aliphatic carbocycles. The molecule has 0 N–H and O–H groups in total. The van der Waals surface area contributed by atoms with Crippen molar-refractivity contribution < 1.29 is 23.8 Å². The zero-order valence-corrected chi connectivity index (χ0v) is 23.1. The number of esters is 2. The molecule has 1 aromatic rings. The van der Waals surface area contributed by atoms with Crippen LogP contribution in [-0.4, -0.2) is 17.5 Å². The minimum Gasteiger partial charge on any atom is -0.488 e. The minimum atomic E-state index is -0.394. The molecular weight excluding hydrogens is 440 g/mol. The number of benzene rings is 1.